The summed E-state index contributed by atoms with van der Waals surface area (Å²) < 4.78 is 40.3. The number of hydrogen-bond donors (Lipinski definition) is 1. The van der Waals surface area contributed by atoms with Crippen molar-refractivity contribution in [3.05, 3.63) is 40.7 Å². The molecule has 0 aliphatic carbocycles. The number of aromatic hydroxyl groups is 1. The van der Waals surface area contributed by atoms with E-state index in [0.29, 0.717) is 11.4 Å². The van der Waals surface area contributed by atoms with Crippen LogP contribution in [0.2, 0.25) is 0 Å². The summed E-state index contributed by atoms with van der Waals surface area (Å²) in [6.45, 7) is 5.22. The lowest BCUT2D eigenvalue weighted by atomic mass is 10.1. The van der Waals surface area contributed by atoms with Crippen molar-refractivity contribution in [2.24, 2.45) is 0 Å². The summed E-state index contributed by atoms with van der Waals surface area (Å²) in [6.07, 6.45) is -4.64. The number of aryl methyl sites for hydroxylation is 1. The standard InChI is InChI=1S/C13H13F3N2O/c1-7-8(2)17-18(9(7)3)10-5-4-6-11(19)12(10)13(14,15)16/h4-6,19H,1-3H3. The summed E-state index contributed by atoms with van der Waals surface area (Å²) in [7, 11) is 0. The Kier molecular flexibility index (Phi) is 3.04. The number of benzene rings is 1. The molecule has 3 nitrogen and oxygen atoms in total. The van der Waals surface area contributed by atoms with Gasteiger partial charge >= 0.3 is 6.18 Å². The van der Waals surface area contributed by atoms with Crippen LogP contribution in [-0.4, -0.2) is 14.9 Å². The van der Waals surface area contributed by atoms with E-state index in [9.17, 15) is 18.3 Å². The maximum absolute atomic E-state index is 13.0. The lowest BCUT2D eigenvalue weighted by molar-refractivity contribution is -0.138. The zero-order valence-electron chi connectivity index (χ0n) is 10.7. The molecular formula is C13H13F3N2O. The molecule has 0 aliphatic heterocycles. The molecule has 2 rings (SSSR count). The third kappa shape index (κ3) is 2.18. The van der Waals surface area contributed by atoms with Gasteiger partial charge in [-0.15, -0.1) is 0 Å². The summed E-state index contributed by atoms with van der Waals surface area (Å²) in [4.78, 5) is 0. The van der Waals surface area contributed by atoms with Crippen LogP contribution in [0.5, 0.6) is 5.75 Å². The van der Waals surface area contributed by atoms with Crippen LogP contribution in [0.1, 0.15) is 22.5 Å². The van der Waals surface area contributed by atoms with Crippen LogP contribution in [0.3, 0.4) is 0 Å². The van der Waals surface area contributed by atoms with Gasteiger partial charge in [0, 0.05) is 5.69 Å². The molecule has 0 radical (unpaired) electrons. The minimum atomic E-state index is -4.64. The van der Waals surface area contributed by atoms with Crippen molar-refractivity contribution in [1.29, 1.82) is 0 Å². The highest BCUT2D eigenvalue weighted by atomic mass is 19.4. The first-order chi connectivity index (χ1) is 8.73. The number of nitrogens with zero attached hydrogens (tertiary/aromatic N) is 2. The third-order valence-electron chi connectivity index (χ3n) is 3.19. The monoisotopic (exact) mass is 270 g/mol. The van der Waals surface area contributed by atoms with Gasteiger partial charge in [-0.25, -0.2) is 4.68 Å². The molecule has 0 amide bonds. The van der Waals surface area contributed by atoms with E-state index in [-0.39, 0.29) is 5.69 Å². The number of aromatic nitrogens is 2. The minimum Gasteiger partial charge on any atom is -0.507 e. The van der Waals surface area contributed by atoms with Gasteiger partial charge in [-0.2, -0.15) is 18.3 Å². The largest absolute Gasteiger partial charge is 0.507 e. The Labute approximate surface area is 108 Å². The molecule has 0 fully saturated rings. The predicted octanol–water partition coefficient (Wildman–Crippen LogP) is 3.52. The number of phenols is 1. The van der Waals surface area contributed by atoms with E-state index < -0.39 is 17.5 Å². The fraction of sp³-hybridized carbons (Fsp3) is 0.308. The van der Waals surface area contributed by atoms with Crippen molar-refractivity contribution >= 4 is 0 Å². The van der Waals surface area contributed by atoms with Crippen molar-refractivity contribution in [3.8, 4) is 11.4 Å². The third-order valence-corrected chi connectivity index (χ3v) is 3.19. The van der Waals surface area contributed by atoms with Crippen LogP contribution < -0.4 is 0 Å². The summed E-state index contributed by atoms with van der Waals surface area (Å²) >= 11 is 0. The first-order valence-electron chi connectivity index (χ1n) is 5.66. The zero-order valence-corrected chi connectivity index (χ0v) is 10.7. The fourth-order valence-electron chi connectivity index (χ4n) is 1.95. The van der Waals surface area contributed by atoms with E-state index in [4.69, 9.17) is 0 Å². The molecule has 6 heteroatoms. The highest BCUT2D eigenvalue weighted by Gasteiger charge is 2.37. The summed E-state index contributed by atoms with van der Waals surface area (Å²) in [5, 5.41) is 13.6. The summed E-state index contributed by atoms with van der Waals surface area (Å²) in [5.41, 5.74) is 0.876. The topological polar surface area (TPSA) is 38.0 Å². The van der Waals surface area contributed by atoms with Gasteiger partial charge in [0.15, 0.2) is 0 Å². The molecule has 0 bridgehead atoms. The number of hydrogen-bond acceptors (Lipinski definition) is 2. The second-order valence-electron chi connectivity index (χ2n) is 4.38. The van der Waals surface area contributed by atoms with Crippen LogP contribution in [-0.2, 0) is 6.18 Å². The zero-order chi connectivity index (χ0) is 14.4. The Morgan fingerprint density at radius 3 is 2.26 bits per heavy atom. The van der Waals surface area contributed by atoms with Crippen LogP contribution in [0.15, 0.2) is 18.2 Å². The molecule has 1 aromatic carbocycles. The van der Waals surface area contributed by atoms with Gasteiger partial charge in [0.05, 0.1) is 11.4 Å². The van der Waals surface area contributed by atoms with Gasteiger partial charge in [0.2, 0.25) is 0 Å². The Balaban J connectivity index is 2.76. The molecule has 0 saturated carbocycles. The Morgan fingerprint density at radius 1 is 1.16 bits per heavy atom. The SMILES string of the molecule is Cc1nn(-c2cccc(O)c2C(F)(F)F)c(C)c1C. The van der Waals surface area contributed by atoms with Crippen molar-refractivity contribution in [1.82, 2.24) is 9.78 Å². The number of rotatable bonds is 1. The van der Waals surface area contributed by atoms with Crippen LogP contribution in [0.25, 0.3) is 5.69 Å². The molecule has 0 aliphatic rings. The molecule has 0 unspecified atom stereocenters. The minimum absolute atomic E-state index is 0.166. The van der Waals surface area contributed by atoms with E-state index in [2.05, 4.69) is 5.10 Å². The van der Waals surface area contributed by atoms with E-state index in [1.54, 1.807) is 20.8 Å². The summed E-state index contributed by atoms with van der Waals surface area (Å²) in [6, 6.07) is 3.68. The van der Waals surface area contributed by atoms with E-state index in [0.717, 1.165) is 11.6 Å². The highest BCUT2D eigenvalue weighted by Crippen LogP contribution is 2.40. The maximum Gasteiger partial charge on any atom is 0.422 e. The molecule has 1 aromatic heterocycles. The number of alkyl halides is 3. The van der Waals surface area contributed by atoms with Crippen LogP contribution in [0, 0.1) is 20.8 Å². The smallest absolute Gasteiger partial charge is 0.422 e. The fourth-order valence-corrected chi connectivity index (χ4v) is 1.95. The van der Waals surface area contributed by atoms with Crippen molar-refractivity contribution in [3.63, 3.8) is 0 Å². The van der Waals surface area contributed by atoms with Crippen LogP contribution in [0.4, 0.5) is 13.2 Å². The maximum atomic E-state index is 13.0. The molecule has 2 aromatic rings. The molecule has 0 saturated heterocycles. The van der Waals surface area contributed by atoms with Gasteiger partial charge in [0.25, 0.3) is 0 Å². The van der Waals surface area contributed by atoms with Gasteiger partial charge in [-0.3, -0.25) is 0 Å². The number of phenolic OH excluding ortho intramolecular Hbond substituents is 1. The first kappa shape index (κ1) is 13.5. The van der Waals surface area contributed by atoms with E-state index in [1.165, 1.54) is 16.8 Å². The molecule has 102 valence electrons. The average molecular weight is 270 g/mol. The molecule has 19 heavy (non-hydrogen) atoms. The van der Waals surface area contributed by atoms with E-state index >= 15 is 0 Å². The average Bonchev–Trinajstić information content (AvgIpc) is 2.55. The molecule has 1 heterocycles. The van der Waals surface area contributed by atoms with Crippen molar-refractivity contribution in [2.45, 2.75) is 26.9 Å². The Morgan fingerprint density at radius 2 is 1.79 bits per heavy atom. The lowest BCUT2D eigenvalue weighted by Crippen LogP contribution is -2.12. The first-order valence-corrected chi connectivity index (χ1v) is 5.66. The molecule has 0 spiro atoms. The molecular weight excluding hydrogens is 257 g/mol. The van der Waals surface area contributed by atoms with Crippen molar-refractivity contribution < 1.29 is 18.3 Å². The Hall–Kier alpha value is -1.98. The second kappa shape index (κ2) is 4.29. The van der Waals surface area contributed by atoms with Crippen molar-refractivity contribution in [2.75, 3.05) is 0 Å². The summed E-state index contributed by atoms with van der Waals surface area (Å²) in [5.74, 6) is -0.796. The Bertz CT molecular complexity index is 630. The molecule has 0 atom stereocenters. The normalized spacial score (nSPS) is 11.9. The van der Waals surface area contributed by atoms with Gasteiger partial charge in [0.1, 0.15) is 11.3 Å². The quantitative estimate of drug-likeness (QED) is 0.861. The second-order valence-corrected chi connectivity index (χ2v) is 4.38. The number of halogens is 3. The van der Waals surface area contributed by atoms with Gasteiger partial charge in [-0.1, -0.05) is 6.07 Å². The van der Waals surface area contributed by atoms with E-state index in [1.807, 2.05) is 0 Å². The van der Waals surface area contributed by atoms with Gasteiger partial charge < -0.3 is 5.11 Å². The highest BCUT2D eigenvalue weighted by molar-refractivity contribution is 5.51. The van der Waals surface area contributed by atoms with Crippen LogP contribution >= 0.6 is 0 Å². The lowest BCUT2D eigenvalue weighted by Gasteiger charge is -2.15. The predicted molar refractivity (Wildman–Crippen MR) is 64.4 cm³/mol. The van der Waals surface area contributed by atoms with Gasteiger partial charge in [-0.05, 0) is 38.5 Å². The molecule has 1 N–H and O–H groups in total.